The monoisotopic (exact) mass is 380 g/mol. The summed E-state index contributed by atoms with van der Waals surface area (Å²) in [5.41, 5.74) is 9.41. The van der Waals surface area contributed by atoms with Crippen LogP contribution in [0.25, 0.3) is 16.6 Å². The standard InChI is InChI=1S/C20H24N6O2/c1-20(2)11-22-9-17(20)24-14-8-15(19(21)27)25-26-10-13(6-16(14)26)12-4-5-23-18(7-12)28-3/h4-8,10,17,22,24H,9,11H2,1-3H3,(H2,21,27)/t17-/m1/s1. The number of carbonyl (C=O) groups excluding carboxylic acids is 1. The molecule has 1 fully saturated rings. The van der Waals surface area contributed by atoms with Gasteiger partial charge in [0.15, 0.2) is 5.69 Å². The molecule has 4 heterocycles. The third-order valence-electron chi connectivity index (χ3n) is 5.30. The molecule has 28 heavy (non-hydrogen) atoms. The van der Waals surface area contributed by atoms with Crippen molar-refractivity contribution in [1.29, 1.82) is 0 Å². The van der Waals surface area contributed by atoms with Crippen LogP contribution in [0.2, 0.25) is 0 Å². The lowest BCUT2D eigenvalue weighted by molar-refractivity contribution is 0.0994. The van der Waals surface area contributed by atoms with Gasteiger partial charge in [-0.1, -0.05) is 13.8 Å². The number of nitrogens with zero attached hydrogens (tertiary/aromatic N) is 3. The smallest absolute Gasteiger partial charge is 0.269 e. The van der Waals surface area contributed by atoms with Crippen LogP contribution in [0.3, 0.4) is 0 Å². The van der Waals surface area contributed by atoms with Gasteiger partial charge in [-0.15, -0.1) is 0 Å². The Morgan fingerprint density at radius 2 is 2.18 bits per heavy atom. The maximum Gasteiger partial charge on any atom is 0.269 e. The molecular weight excluding hydrogens is 356 g/mol. The molecule has 0 bridgehead atoms. The number of pyridine rings is 1. The number of rotatable bonds is 5. The molecule has 1 saturated heterocycles. The Morgan fingerprint density at radius 3 is 2.86 bits per heavy atom. The Bertz CT molecular complexity index is 1040. The molecule has 1 aliphatic rings. The Balaban J connectivity index is 1.81. The Hall–Kier alpha value is -3.13. The van der Waals surface area contributed by atoms with E-state index in [4.69, 9.17) is 10.5 Å². The van der Waals surface area contributed by atoms with Gasteiger partial charge in [-0.05, 0) is 29.2 Å². The molecule has 8 heteroatoms. The predicted molar refractivity (Wildman–Crippen MR) is 108 cm³/mol. The number of fused-ring (bicyclic) bond motifs is 1. The Morgan fingerprint density at radius 1 is 1.36 bits per heavy atom. The molecule has 3 aromatic heterocycles. The van der Waals surface area contributed by atoms with Gasteiger partial charge in [0.25, 0.3) is 5.91 Å². The molecule has 4 rings (SSSR count). The molecule has 0 radical (unpaired) electrons. The number of hydrogen-bond donors (Lipinski definition) is 3. The molecule has 0 unspecified atom stereocenters. The van der Waals surface area contributed by atoms with Crippen molar-refractivity contribution in [1.82, 2.24) is 19.9 Å². The zero-order valence-corrected chi connectivity index (χ0v) is 16.2. The number of nitrogens with one attached hydrogen (secondary N) is 2. The van der Waals surface area contributed by atoms with Gasteiger partial charge in [-0.25, -0.2) is 9.50 Å². The van der Waals surface area contributed by atoms with Crippen LogP contribution in [0.5, 0.6) is 5.88 Å². The Kier molecular flexibility index (Phi) is 4.43. The normalized spacial score (nSPS) is 18.3. The summed E-state index contributed by atoms with van der Waals surface area (Å²) in [5.74, 6) is -0.0229. The van der Waals surface area contributed by atoms with Gasteiger partial charge in [0.1, 0.15) is 0 Å². The van der Waals surface area contributed by atoms with E-state index >= 15 is 0 Å². The van der Waals surface area contributed by atoms with Gasteiger partial charge < -0.3 is 21.1 Å². The van der Waals surface area contributed by atoms with Crippen molar-refractivity contribution < 1.29 is 9.53 Å². The predicted octanol–water partition coefficient (Wildman–Crippen LogP) is 1.91. The number of nitrogens with two attached hydrogens (primary N) is 1. The van der Waals surface area contributed by atoms with E-state index in [1.54, 1.807) is 23.9 Å². The van der Waals surface area contributed by atoms with Crippen molar-refractivity contribution in [2.24, 2.45) is 11.1 Å². The summed E-state index contributed by atoms with van der Waals surface area (Å²) in [7, 11) is 1.59. The maximum absolute atomic E-state index is 11.8. The number of hydrogen-bond acceptors (Lipinski definition) is 6. The first-order chi connectivity index (χ1) is 13.4. The van der Waals surface area contributed by atoms with Crippen LogP contribution in [0, 0.1) is 5.41 Å². The van der Waals surface area contributed by atoms with Gasteiger partial charge in [-0.2, -0.15) is 5.10 Å². The molecule has 1 atom stereocenters. The van der Waals surface area contributed by atoms with E-state index in [2.05, 4.69) is 34.6 Å². The van der Waals surface area contributed by atoms with Crippen molar-refractivity contribution in [2.45, 2.75) is 19.9 Å². The minimum absolute atomic E-state index is 0.0844. The first-order valence-electron chi connectivity index (χ1n) is 9.18. The van der Waals surface area contributed by atoms with Crippen molar-refractivity contribution in [2.75, 3.05) is 25.5 Å². The highest BCUT2D eigenvalue weighted by Crippen LogP contribution is 2.32. The van der Waals surface area contributed by atoms with E-state index in [1.807, 2.05) is 24.4 Å². The molecule has 8 nitrogen and oxygen atoms in total. The number of aromatic nitrogens is 3. The topological polar surface area (TPSA) is 107 Å². The third kappa shape index (κ3) is 3.27. The maximum atomic E-state index is 11.8. The second-order valence-corrected chi connectivity index (χ2v) is 7.77. The number of primary amides is 1. The molecule has 0 spiro atoms. The SMILES string of the molecule is COc1cc(-c2cc3c(N[C@@H]4CNCC4(C)C)cc(C(N)=O)nn3c2)ccn1. The summed E-state index contributed by atoms with van der Waals surface area (Å²) >= 11 is 0. The lowest BCUT2D eigenvalue weighted by atomic mass is 9.87. The first-order valence-corrected chi connectivity index (χ1v) is 9.18. The highest BCUT2D eigenvalue weighted by molar-refractivity contribution is 5.93. The fourth-order valence-corrected chi connectivity index (χ4v) is 3.56. The van der Waals surface area contributed by atoms with Gasteiger partial charge in [0, 0.05) is 43.2 Å². The lowest BCUT2D eigenvalue weighted by Crippen LogP contribution is -2.35. The van der Waals surface area contributed by atoms with Crippen molar-refractivity contribution >= 4 is 17.1 Å². The summed E-state index contributed by atoms with van der Waals surface area (Å²) in [6, 6.07) is 7.75. The highest BCUT2D eigenvalue weighted by atomic mass is 16.5. The van der Waals surface area contributed by atoms with Crippen LogP contribution in [0.4, 0.5) is 5.69 Å². The minimum atomic E-state index is -0.561. The molecule has 0 aromatic carbocycles. The van der Waals surface area contributed by atoms with Crippen molar-refractivity contribution in [3.8, 4) is 17.0 Å². The summed E-state index contributed by atoms with van der Waals surface area (Å²) in [5, 5.41) is 11.4. The molecule has 4 N–H and O–H groups in total. The molecule has 1 aliphatic heterocycles. The van der Waals surface area contributed by atoms with E-state index in [-0.39, 0.29) is 17.2 Å². The lowest BCUT2D eigenvalue weighted by Gasteiger charge is -2.27. The zero-order chi connectivity index (χ0) is 19.9. The number of amides is 1. The van der Waals surface area contributed by atoms with E-state index in [0.29, 0.717) is 5.88 Å². The van der Waals surface area contributed by atoms with Gasteiger partial charge in [-0.3, -0.25) is 4.79 Å². The highest BCUT2D eigenvalue weighted by Gasteiger charge is 2.34. The molecule has 0 saturated carbocycles. The average Bonchev–Trinajstić information content (AvgIpc) is 3.25. The summed E-state index contributed by atoms with van der Waals surface area (Å²) < 4.78 is 6.92. The number of ether oxygens (including phenoxy) is 1. The van der Waals surface area contributed by atoms with E-state index in [9.17, 15) is 4.79 Å². The second-order valence-electron chi connectivity index (χ2n) is 7.77. The van der Waals surface area contributed by atoms with Crippen LogP contribution in [-0.4, -0.2) is 46.7 Å². The van der Waals surface area contributed by atoms with Crippen LogP contribution in [0.1, 0.15) is 24.3 Å². The van der Waals surface area contributed by atoms with Gasteiger partial charge in [0.05, 0.1) is 18.3 Å². The molecular formula is C20H24N6O2. The second kappa shape index (κ2) is 6.79. The summed E-state index contributed by atoms with van der Waals surface area (Å²) in [6.45, 7) is 6.20. The fraction of sp³-hybridized carbons (Fsp3) is 0.350. The fourth-order valence-electron chi connectivity index (χ4n) is 3.56. The largest absolute Gasteiger partial charge is 0.481 e. The van der Waals surface area contributed by atoms with Gasteiger partial charge in [0.2, 0.25) is 5.88 Å². The molecule has 0 aliphatic carbocycles. The molecule has 1 amide bonds. The molecule has 146 valence electrons. The van der Waals surface area contributed by atoms with E-state index in [1.165, 1.54) is 0 Å². The van der Waals surface area contributed by atoms with E-state index < -0.39 is 5.91 Å². The van der Waals surface area contributed by atoms with Crippen molar-refractivity contribution in [3.63, 3.8) is 0 Å². The summed E-state index contributed by atoms with van der Waals surface area (Å²) in [6.07, 6.45) is 3.57. The number of methoxy groups -OCH3 is 1. The number of anilines is 1. The average molecular weight is 380 g/mol. The zero-order valence-electron chi connectivity index (χ0n) is 16.2. The van der Waals surface area contributed by atoms with E-state index in [0.717, 1.165) is 35.4 Å². The molecule has 3 aromatic rings. The number of carbonyl (C=O) groups is 1. The van der Waals surface area contributed by atoms with Crippen LogP contribution < -0.4 is 21.1 Å². The van der Waals surface area contributed by atoms with Crippen LogP contribution in [0.15, 0.2) is 36.7 Å². The first kappa shape index (κ1) is 18.2. The quantitative estimate of drug-likeness (QED) is 0.624. The van der Waals surface area contributed by atoms with Crippen LogP contribution in [-0.2, 0) is 0 Å². The minimum Gasteiger partial charge on any atom is -0.481 e. The Labute approximate surface area is 163 Å². The third-order valence-corrected chi connectivity index (χ3v) is 5.30. The van der Waals surface area contributed by atoms with Gasteiger partial charge >= 0.3 is 0 Å². The summed E-state index contributed by atoms with van der Waals surface area (Å²) in [4.78, 5) is 16.0. The van der Waals surface area contributed by atoms with Crippen LogP contribution >= 0.6 is 0 Å². The van der Waals surface area contributed by atoms with Crippen molar-refractivity contribution in [3.05, 3.63) is 42.4 Å².